The van der Waals surface area contributed by atoms with Gasteiger partial charge in [0.1, 0.15) is 11.5 Å². The summed E-state index contributed by atoms with van der Waals surface area (Å²) >= 11 is 15.4. The number of benzene rings is 2. The second kappa shape index (κ2) is 5.96. The van der Waals surface area contributed by atoms with Crippen LogP contribution in [0.4, 0.5) is 0 Å². The SMILES string of the molecule is Cc1ccc(Cl)c(Oc2ccc(Br)cc2CCl)c1. The van der Waals surface area contributed by atoms with E-state index in [-0.39, 0.29) is 0 Å². The third-order valence-corrected chi connectivity index (χ3v) is 3.57. The Morgan fingerprint density at radius 2 is 1.89 bits per heavy atom. The zero-order valence-electron chi connectivity index (χ0n) is 9.71. The third-order valence-electron chi connectivity index (χ3n) is 2.47. The first-order valence-corrected chi connectivity index (χ1v) is 7.09. The Kier molecular flexibility index (Phi) is 4.55. The molecular formula is C14H11BrCl2O. The summed E-state index contributed by atoms with van der Waals surface area (Å²) in [6, 6.07) is 11.4. The van der Waals surface area contributed by atoms with Crippen LogP contribution >= 0.6 is 39.1 Å². The van der Waals surface area contributed by atoms with Crippen LogP contribution in [0.15, 0.2) is 40.9 Å². The molecule has 18 heavy (non-hydrogen) atoms. The molecule has 0 N–H and O–H groups in total. The van der Waals surface area contributed by atoms with Crippen molar-refractivity contribution in [3.8, 4) is 11.5 Å². The van der Waals surface area contributed by atoms with Gasteiger partial charge in [0.2, 0.25) is 0 Å². The highest BCUT2D eigenvalue weighted by molar-refractivity contribution is 9.10. The standard InChI is InChI=1S/C14H11BrCl2O/c1-9-2-4-12(17)14(6-9)18-13-5-3-11(15)7-10(13)8-16/h2-7H,8H2,1H3. The van der Waals surface area contributed by atoms with E-state index in [4.69, 9.17) is 27.9 Å². The molecule has 0 saturated heterocycles. The van der Waals surface area contributed by atoms with Crippen LogP contribution in [0, 0.1) is 6.92 Å². The van der Waals surface area contributed by atoms with Crippen molar-refractivity contribution in [2.24, 2.45) is 0 Å². The summed E-state index contributed by atoms with van der Waals surface area (Å²) in [5, 5.41) is 0.587. The highest BCUT2D eigenvalue weighted by Gasteiger charge is 2.08. The lowest BCUT2D eigenvalue weighted by atomic mass is 10.2. The molecule has 0 heterocycles. The summed E-state index contributed by atoms with van der Waals surface area (Å²) in [6.07, 6.45) is 0. The molecular weight excluding hydrogens is 335 g/mol. The number of alkyl halides is 1. The molecule has 0 aromatic heterocycles. The van der Waals surface area contributed by atoms with Crippen molar-refractivity contribution < 1.29 is 4.74 Å². The van der Waals surface area contributed by atoms with Crippen molar-refractivity contribution in [1.82, 2.24) is 0 Å². The van der Waals surface area contributed by atoms with Gasteiger partial charge in [-0.15, -0.1) is 11.6 Å². The van der Waals surface area contributed by atoms with E-state index in [1.807, 2.05) is 43.3 Å². The monoisotopic (exact) mass is 344 g/mol. The van der Waals surface area contributed by atoms with E-state index in [1.54, 1.807) is 0 Å². The Morgan fingerprint density at radius 1 is 1.11 bits per heavy atom. The molecule has 0 saturated carbocycles. The minimum Gasteiger partial charge on any atom is -0.455 e. The van der Waals surface area contributed by atoms with Crippen LogP contribution in [0.3, 0.4) is 0 Å². The van der Waals surface area contributed by atoms with E-state index in [0.29, 0.717) is 16.7 Å². The quantitative estimate of drug-likeness (QED) is 0.625. The summed E-state index contributed by atoms with van der Waals surface area (Å²) in [6.45, 7) is 1.99. The molecule has 94 valence electrons. The molecule has 0 aliphatic carbocycles. The average molecular weight is 346 g/mol. The highest BCUT2D eigenvalue weighted by atomic mass is 79.9. The van der Waals surface area contributed by atoms with Gasteiger partial charge in [-0.05, 0) is 42.8 Å². The van der Waals surface area contributed by atoms with Gasteiger partial charge in [0.15, 0.2) is 0 Å². The number of hydrogen-bond donors (Lipinski definition) is 0. The molecule has 0 atom stereocenters. The van der Waals surface area contributed by atoms with Gasteiger partial charge in [-0.2, -0.15) is 0 Å². The van der Waals surface area contributed by atoms with Crippen molar-refractivity contribution in [3.63, 3.8) is 0 Å². The van der Waals surface area contributed by atoms with E-state index < -0.39 is 0 Å². The number of ether oxygens (including phenoxy) is 1. The van der Waals surface area contributed by atoms with Gasteiger partial charge >= 0.3 is 0 Å². The zero-order chi connectivity index (χ0) is 13.1. The average Bonchev–Trinajstić information content (AvgIpc) is 2.36. The predicted molar refractivity (Wildman–Crippen MR) is 80.0 cm³/mol. The first kappa shape index (κ1) is 13.7. The van der Waals surface area contributed by atoms with E-state index in [2.05, 4.69) is 15.9 Å². The van der Waals surface area contributed by atoms with Crippen LogP contribution in [0.25, 0.3) is 0 Å². The molecule has 0 spiro atoms. The molecule has 0 radical (unpaired) electrons. The summed E-state index contributed by atoms with van der Waals surface area (Å²) in [5.41, 5.74) is 2.02. The predicted octanol–water partition coefficient (Wildman–Crippen LogP) is 5.94. The fourth-order valence-electron chi connectivity index (χ4n) is 1.56. The Bertz CT molecular complexity index is 570. The van der Waals surface area contributed by atoms with Crippen LogP contribution in [0.2, 0.25) is 5.02 Å². The van der Waals surface area contributed by atoms with E-state index in [0.717, 1.165) is 21.3 Å². The first-order chi connectivity index (χ1) is 8.60. The van der Waals surface area contributed by atoms with Gasteiger partial charge in [-0.3, -0.25) is 0 Å². The van der Waals surface area contributed by atoms with Crippen molar-refractivity contribution in [3.05, 3.63) is 57.0 Å². The highest BCUT2D eigenvalue weighted by Crippen LogP contribution is 2.33. The maximum absolute atomic E-state index is 6.11. The summed E-state index contributed by atoms with van der Waals surface area (Å²) in [5.74, 6) is 1.75. The Balaban J connectivity index is 2.36. The van der Waals surface area contributed by atoms with Crippen molar-refractivity contribution in [2.45, 2.75) is 12.8 Å². The fourth-order valence-corrected chi connectivity index (χ4v) is 2.33. The van der Waals surface area contributed by atoms with Crippen LogP contribution in [0.5, 0.6) is 11.5 Å². The molecule has 0 aliphatic heterocycles. The van der Waals surface area contributed by atoms with Gasteiger partial charge in [-0.1, -0.05) is 33.6 Å². The largest absolute Gasteiger partial charge is 0.455 e. The van der Waals surface area contributed by atoms with Crippen LogP contribution < -0.4 is 4.74 Å². The Morgan fingerprint density at radius 3 is 2.61 bits per heavy atom. The smallest absolute Gasteiger partial charge is 0.146 e. The summed E-state index contributed by atoms with van der Waals surface area (Å²) in [4.78, 5) is 0. The molecule has 2 aromatic rings. The van der Waals surface area contributed by atoms with Crippen LogP contribution in [-0.4, -0.2) is 0 Å². The van der Waals surface area contributed by atoms with Crippen molar-refractivity contribution >= 4 is 39.1 Å². The fraction of sp³-hybridized carbons (Fsp3) is 0.143. The maximum Gasteiger partial charge on any atom is 0.146 e. The molecule has 2 aromatic carbocycles. The first-order valence-electron chi connectivity index (χ1n) is 5.38. The van der Waals surface area contributed by atoms with Crippen LogP contribution in [-0.2, 0) is 5.88 Å². The lowest BCUT2D eigenvalue weighted by molar-refractivity contribution is 0.478. The Labute approximate surface area is 125 Å². The Hall–Kier alpha value is -0.700. The summed E-state index contributed by atoms with van der Waals surface area (Å²) < 4.78 is 6.80. The molecule has 0 amide bonds. The maximum atomic E-state index is 6.11. The zero-order valence-corrected chi connectivity index (χ0v) is 12.8. The number of aryl methyl sites for hydroxylation is 1. The van der Waals surface area contributed by atoms with Gasteiger partial charge in [-0.25, -0.2) is 0 Å². The van der Waals surface area contributed by atoms with Gasteiger partial charge in [0, 0.05) is 10.0 Å². The van der Waals surface area contributed by atoms with Crippen molar-refractivity contribution in [1.29, 1.82) is 0 Å². The molecule has 1 nitrogen and oxygen atoms in total. The lowest BCUT2D eigenvalue weighted by Crippen LogP contribution is -1.91. The van der Waals surface area contributed by atoms with E-state index >= 15 is 0 Å². The third kappa shape index (κ3) is 3.19. The topological polar surface area (TPSA) is 9.23 Å². The number of hydrogen-bond acceptors (Lipinski definition) is 1. The van der Waals surface area contributed by atoms with E-state index in [1.165, 1.54) is 0 Å². The minimum atomic E-state index is 0.387. The molecule has 2 rings (SSSR count). The molecule has 0 fully saturated rings. The van der Waals surface area contributed by atoms with E-state index in [9.17, 15) is 0 Å². The molecule has 4 heteroatoms. The van der Waals surface area contributed by atoms with Crippen molar-refractivity contribution in [2.75, 3.05) is 0 Å². The number of halogens is 3. The van der Waals surface area contributed by atoms with Gasteiger partial charge in [0.05, 0.1) is 10.9 Å². The summed E-state index contributed by atoms with van der Waals surface area (Å²) in [7, 11) is 0. The molecule has 0 aliphatic rings. The normalized spacial score (nSPS) is 10.4. The lowest BCUT2D eigenvalue weighted by Gasteiger charge is -2.11. The molecule has 0 unspecified atom stereocenters. The minimum absolute atomic E-state index is 0.387. The number of rotatable bonds is 3. The molecule has 0 bridgehead atoms. The van der Waals surface area contributed by atoms with Gasteiger partial charge in [0.25, 0.3) is 0 Å². The van der Waals surface area contributed by atoms with Crippen LogP contribution in [0.1, 0.15) is 11.1 Å². The van der Waals surface area contributed by atoms with Gasteiger partial charge < -0.3 is 4.74 Å². The second-order valence-electron chi connectivity index (χ2n) is 3.92. The second-order valence-corrected chi connectivity index (χ2v) is 5.51.